The quantitative estimate of drug-likeness (QED) is 0.448. The summed E-state index contributed by atoms with van der Waals surface area (Å²) in [6.45, 7) is 1.68. The van der Waals surface area contributed by atoms with Crippen LogP contribution in [0, 0.1) is 5.92 Å². The summed E-state index contributed by atoms with van der Waals surface area (Å²) in [6.07, 6.45) is 7.24. The highest BCUT2D eigenvalue weighted by molar-refractivity contribution is 9.10. The van der Waals surface area contributed by atoms with Gasteiger partial charge in [-0.15, -0.1) is 0 Å². The van der Waals surface area contributed by atoms with E-state index in [2.05, 4.69) is 20.8 Å². The van der Waals surface area contributed by atoms with Crippen molar-refractivity contribution in [2.75, 3.05) is 26.0 Å². The maximum Gasteiger partial charge on any atom is 0.262 e. The number of amides is 1. The largest absolute Gasteiger partial charge is 0.383 e. The Morgan fingerprint density at radius 3 is 2.90 bits per heavy atom. The smallest absolute Gasteiger partial charge is 0.262 e. The molecule has 1 aliphatic carbocycles. The van der Waals surface area contributed by atoms with E-state index in [0.29, 0.717) is 46.9 Å². The minimum absolute atomic E-state index is 0.0985. The van der Waals surface area contributed by atoms with Crippen LogP contribution in [0.4, 0.5) is 0 Å². The fourth-order valence-corrected chi connectivity index (χ4v) is 6.08. The van der Waals surface area contributed by atoms with E-state index in [-0.39, 0.29) is 11.5 Å². The van der Waals surface area contributed by atoms with Crippen molar-refractivity contribution in [1.29, 1.82) is 0 Å². The number of halogens is 1. The third-order valence-electron chi connectivity index (χ3n) is 6.29. The van der Waals surface area contributed by atoms with Crippen molar-refractivity contribution in [3.8, 4) is 0 Å². The van der Waals surface area contributed by atoms with Gasteiger partial charge in [0.2, 0.25) is 5.91 Å². The Hall–Kier alpha value is -1.38. The zero-order chi connectivity index (χ0) is 21.1. The zero-order valence-electron chi connectivity index (χ0n) is 17.3. The number of thioether (sulfide) groups is 1. The highest BCUT2D eigenvalue weighted by Gasteiger charge is 2.35. The second kappa shape index (κ2) is 9.83. The Morgan fingerprint density at radius 1 is 1.27 bits per heavy atom. The monoisotopic (exact) mass is 493 g/mol. The molecule has 1 saturated heterocycles. The lowest BCUT2D eigenvalue weighted by atomic mass is 9.78. The van der Waals surface area contributed by atoms with Crippen LogP contribution < -0.4 is 5.56 Å². The normalized spacial score (nSPS) is 21.6. The number of carbonyl (C=O) groups is 1. The fraction of sp³-hybridized carbons (Fsp3) is 0.591. The van der Waals surface area contributed by atoms with Crippen molar-refractivity contribution in [2.24, 2.45) is 5.92 Å². The van der Waals surface area contributed by atoms with Crippen LogP contribution in [-0.4, -0.2) is 52.4 Å². The van der Waals surface area contributed by atoms with Gasteiger partial charge in [-0.25, -0.2) is 4.98 Å². The molecule has 1 amide bonds. The Balaban J connectivity index is 1.55. The van der Waals surface area contributed by atoms with Crippen LogP contribution in [0.5, 0.6) is 0 Å². The van der Waals surface area contributed by atoms with Gasteiger partial charge < -0.3 is 9.64 Å². The Labute approximate surface area is 189 Å². The molecule has 2 aliphatic rings. The van der Waals surface area contributed by atoms with Crippen LogP contribution in [0.3, 0.4) is 0 Å². The molecule has 2 aromatic rings. The molecular formula is C22H28BrN3O3S. The van der Waals surface area contributed by atoms with Crippen molar-refractivity contribution < 1.29 is 9.53 Å². The van der Waals surface area contributed by atoms with E-state index in [9.17, 15) is 9.59 Å². The summed E-state index contributed by atoms with van der Waals surface area (Å²) in [5.41, 5.74) is 0.552. The van der Waals surface area contributed by atoms with Crippen molar-refractivity contribution in [3.63, 3.8) is 0 Å². The summed E-state index contributed by atoms with van der Waals surface area (Å²) >= 11 is 4.79. The summed E-state index contributed by atoms with van der Waals surface area (Å²) in [6, 6.07) is 5.91. The van der Waals surface area contributed by atoms with Gasteiger partial charge in [-0.05, 0) is 49.8 Å². The average Bonchev–Trinajstić information content (AvgIpc) is 2.77. The van der Waals surface area contributed by atoms with Gasteiger partial charge in [0.15, 0.2) is 5.16 Å². The van der Waals surface area contributed by atoms with Gasteiger partial charge in [0, 0.05) is 24.2 Å². The van der Waals surface area contributed by atoms with Gasteiger partial charge >= 0.3 is 0 Å². The van der Waals surface area contributed by atoms with Crippen LogP contribution in [0.15, 0.2) is 32.6 Å². The number of fused-ring (bicyclic) bond motifs is 2. The van der Waals surface area contributed by atoms with Crippen LogP contribution in [0.2, 0.25) is 0 Å². The fourth-order valence-electron chi connectivity index (χ4n) is 4.81. The van der Waals surface area contributed by atoms with Crippen molar-refractivity contribution >= 4 is 44.5 Å². The minimum atomic E-state index is -0.0985. The van der Waals surface area contributed by atoms with Gasteiger partial charge in [0.1, 0.15) is 0 Å². The van der Waals surface area contributed by atoms with E-state index < -0.39 is 0 Å². The first-order valence-electron chi connectivity index (χ1n) is 10.7. The van der Waals surface area contributed by atoms with Crippen LogP contribution in [0.25, 0.3) is 10.9 Å². The summed E-state index contributed by atoms with van der Waals surface area (Å²) in [7, 11) is 1.61. The summed E-state index contributed by atoms with van der Waals surface area (Å²) in [5, 5.41) is 1.15. The SMILES string of the molecule is COCCn1c(SCC(=O)N2CCC[C@@H]3CCCC[C@H]32)nc2ccc(Br)cc2c1=O. The van der Waals surface area contributed by atoms with Crippen LogP contribution >= 0.6 is 27.7 Å². The molecule has 2 fully saturated rings. The highest BCUT2D eigenvalue weighted by atomic mass is 79.9. The second-order valence-electron chi connectivity index (χ2n) is 8.14. The molecule has 0 N–H and O–H groups in total. The zero-order valence-corrected chi connectivity index (χ0v) is 19.7. The molecule has 0 radical (unpaired) electrons. The second-order valence-corrected chi connectivity index (χ2v) is 9.99. The molecule has 1 aromatic carbocycles. The minimum Gasteiger partial charge on any atom is -0.383 e. The molecule has 2 heterocycles. The molecule has 0 unspecified atom stereocenters. The average molecular weight is 494 g/mol. The Bertz CT molecular complexity index is 978. The first kappa shape index (κ1) is 21.8. The summed E-state index contributed by atoms with van der Waals surface area (Å²) in [4.78, 5) is 33.0. The maximum atomic E-state index is 13.1. The molecule has 4 rings (SSSR count). The Morgan fingerprint density at radius 2 is 2.07 bits per heavy atom. The number of likely N-dealkylation sites (tertiary alicyclic amines) is 1. The van der Waals surface area contributed by atoms with E-state index in [1.54, 1.807) is 17.7 Å². The molecule has 2 atom stereocenters. The first-order chi connectivity index (χ1) is 14.6. The lowest BCUT2D eigenvalue weighted by Gasteiger charge is -2.44. The van der Waals surface area contributed by atoms with Gasteiger partial charge in [0.25, 0.3) is 5.56 Å². The molecule has 1 aromatic heterocycles. The third kappa shape index (κ3) is 4.60. The van der Waals surface area contributed by atoms with E-state index in [1.807, 2.05) is 12.1 Å². The number of benzene rings is 1. The number of carbonyl (C=O) groups excluding carboxylic acids is 1. The standard InChI is InChI=1S/C22H28BrN3O3S/c1-29-12-11-26-21(28)17-13-16(23)8-9-18(17)24-22(26)30-14-20(27)25-10-4-6-15-5-2-3-7-19(15)25/h8-9,13,15,19H,2-7,10-12,14H2,1H3/t15-,19+/m0/s1. The van der Waals surface area contributed by atoms with Gasteiger partial charge in [0.05, 0.1) is 29.8 Å². The molecule has 1 saturated carbocycles. The van der Waals surface area contributed by atoms with E-state index >= 15 is 0 Å². The van der Waals surface area contributed by atoms with E-state index in [0.717, 1.165) is 23.9 Å². The molecule has 6 nitrogen and oxygen atoms in total. The lowest BCUT2D eigenvalue weighted by Crippen LogP contribution is -2.50. The number of ether oxygens (including phenoxy) is 1. The Kier molecular flexibility index (Phi) is 7.16. The molecule has 1 aliphatic heterocycles. The molecule has 162 valence electrons. The number of methoxy groups -OCH3 is 1. The maximum absolute atomic E-state index is 13.1. The van der Waals surface area contributed by atoms with Crippen molar-refractivity contribution in [1.82, 2.24) is 14.5 Å². The van der Waals surface area contributed by atoms with Gasteiger partial charge in [-0.1, -0.05) is 40.5 Å². The molecular weight excluding hydrogens is 466 g/mol. The van der Waals surface area contributed by atoms with E-state index in [4.69, 9.17) is 9.72 Å². The van der Waals surface area contributed by atoms with Crippen molar-refractivity contribution in [2.45, 2.75) is 56.3 Å². The van der Waals surface area contributed by atoms with Crippen LogP contribution in [0.1, 0.15) is 38.5 Å². The van der Waals surface area contributed by atoms with E-state index in [1.165, 1.54) is 37.4 Å². The predicted molar refractivity (Wildman–Crippen MR) is 123 cm³/mol. The summed E-state index contributed by atoms with van der Waals surface area (Å²) < 4.78 is 7.67. The number of aromatic nitrogens is 2. The topological polar surface area (TPSA) is 64.4 Å². The number of hydrogen-bond acceptors (Lipinski definition) is 5. The van der Waals surface area contributed by atoms with Crippen molar-refractivity contribution in [3.05, 3.63) is 33.0 Å². The number of nitrogens with zero attached hydrogens (tertiary/aromatic N) is 3. The number of hydrogen-bond donors (Lipinski definition) is 0. The molecule has 30 heavy (non-hydrogen) atoms. The number of rotatable bonds is 6. The van der Waals surface area contributed by atoms with Gasteiger partial charge in [-0.3, -0.25) is 14.2 Å². The van der Waals surface area contributed by atoms with Crippen LogP contribution in [-0.2, 0) is 16.1 Å². The summed E-state index contributed by atoms with van der Waals surface area (Å²) in [5.74, 6) is 1.14. The first-order valence-corrected chi connectivity index (χ1v) is 12.5. The highest BCUT2D eigenvalue weighted by Crippen LogP contribution is 2.35. The third-order valence-corrected chi connectivity index (χ3v) is 7.74. The molecule has 0 bridgehead atoms. The number of piperidine rings is 1. The molecule has 8 heteroatoms. The van der Waals surface area contributed by atoms with Gasteiger partial charge in [-0.2, -0.15) is 0 Å². The lowest BCUT2D eigenvalue weighted by molar-refractivity contribution is -0.134. The molecule has 0 spiro atoms. The predicted octanol–water partition coefficient (Wildman–Crippen LogP) is 4.08.